The van der Waals surface area contributed by atoms with Crippen molar-refractivity contribution in [2.45, 2.75) is 52.9 Å². The van der Waals surface area contributed by atoms with Crippen LogP contribution in [0.5, 0.6) is 0 Å². The predicted octanol–water partition coefficient (Wildman–Crippen LogP) is 1.35. The Morgan fingerprint density at radius 3 is 2.07 bits per heavy atom. The third-order valence-electron chi connectivity index (χ3n) is 1.75. The number of carbonyl (C=O) groups is 1. The van der Waals surface area contributed by atoms with Crippen LogP contribution in [0, 0.1) is 5.41 Å². The van der Waals surface area contributed by atoms with E-state index in [4.69, 9.17) is 10.5 Å². The second-order valence-electron chi connectivity index (χ2n) is 5.17. The van der Waals surface area contributed by atoms with Gasteiger partial charge in [-0.25, -0.2) is 0 Å². The number of carbonyl (C=O) groups excluding carboxylic acids is 1. The molecule has 0 aromatic carbocycles. The predicted molar refractivity (Wildman–Crippen MR) is 53.3 cm³/mol. The van der Waals surface area contributed by atoms with Gasteiger partial charge in [-0.05, 0) is 20.8 Å². The average Bonchev–Trinajstić information content (AvgIpc) is 1.79. The van der Waals surface area contributed by atoms with Crippen LogP contribution in [-0.4, -0.2) is 22.9 Å². The van der Waals surface area contributed by atoms with Gasteiger partial charge in [-0.2, -0.15) is 0 Å². The van der Waals surface area contributed by atoms with E-state index in [1.807, 2.05) is 20.8 Å². The average molecular weight is 202 g/mol. The number of nitrogens with one attached hydrogen (secondary N) is 1. The summed E-state index contributed by atoms with van der Waals surface area (Å²) in [6.07, 6.45) is -1.04. The minimum Gasteiger partial charge on any atom is -0.367 e. The summed E-state index contributed by atoms with van der Waals surface area (Å²) >= 11 is 0. The molecule has 0 aliphatic rings. The minimum absolute atomic E-state index is 0.00968. The van der Waals surface area contributed by atoms with Gasteiger partial charge >= 0.3 is 0 Å². The van der Waals surface area contributed by atoms with Crippen LogP contribution in [0.4, 0.5) is 0 Å². The second kappa shape index (κ2) is 4.28. The van der Waals surface area contributed by atoms with E-state index in [2.05, 4.69) is 0 Å². The number of hydrogen-bond donors (Lipinski definition) is 1. The molecule has 0 bridgehead atoms. The lowest BCUT2D eigenvalue weighted by atomic mass is 9.88. The quantitative estimate of drug-likeness (QED) is 0.699. The highest BCUT2D eigenvalue weighted by Gasteiger charge is 2.33. The van der Waals surface area contributed by atoms with E-state index >= 15 is 0 Å². The van der Waals surface area contributed by atoms with Gasteiger partial charge in [-0.1, -0.05) is 13.8 Å². The van der Waals surface area contributed by atoms with Gasteiger partial charge in [0.25, 0.3) is 0 Å². The molecule has 0 heterocycles. The zero-order valence-corrected chi connectivity index (χ0v) is 9.55. The Hall–Kier alpha value is -0.610. The minimum atomic E-state index is -1.03. The van der Waals surface area contributed by atoms with Crippen molar-refractivity contribution in [1.82, 2.24) is 5.73 Å². The van der Waals surface area contributed by atoms with Gasteiger partial charge in [0.1, 0.15) is 0 Å². The van der Waals surface area contributed by atoms with E-state index in [1.54, 1.807) is 13.8 Å². The maximum absolute atomic E-state index is 10.6. The molecule has 1 unspecified atom stereocenters. The number of ether oxygens (including phenoxy) is 1. The van der Waals surface area contributed by atoms with Crippen LogP contribution >= 0.6 is 0 Å². The summed E-state index contributed by atoms with van der Waals surface area (Å²) in [6, 6.07) is 0. The number of aliphatic hydroxyl groups excluding tert-OH is 1. The second-order valence-corrected chi connectivity index (χ2v) is 5.17. The maximum Gasteiger partial charge on any atom is 0.239 e. The number of hydrogen-bond acceptors (Lipinski definition) is 3. The summed E-state index contributed by atoms with van der Waals surface area (Å²) < 4.78 is 5.32. The molecule has 0 rings (SSSR count). The van der Waals surface area contributed by atoms with E-state index < -0.39 is 23.2 Å². The molecule has 0 fully saturated rings. The summed E-state index contributed by atoms with van der Waals surface area (Å²) in [7, 11) is 0. The molecule has 0 aromatic rings. The molecule has 1 amide bonds. The summed E-state index contributed by atoms with van der Waals surface area (Å²) in [5, 5.41) is 9.70. The Morgan fingerprint density at radius 2 is 1.79 bits per heavy atom. The van der Waals surface area contributed by atoms with E-state index in [1.165, 1.54) is 0 Å². The van der Waals surface area contributed by atoms with E-state index in [9.17, 15) is 9.90 Å². The molecular weight excluding hydrogens is 182 g/mol. The maximum atomic E-state index is 10.6. The van der Waals surface area contributed by atoms with Crippen LogP contribution in [0.25, 0.3) is 0 Å². The number of amides is 1. The van der Waals surface area contributed by atoms with Crippen LogP contribution in [0.15, 0.2) is 0 Å². The highest BCUT2D eigenvalue weighted by Crippen LogP contribution is 2.28. The first-order valence-corrected chi connectivity index (χ1v) is 4.65. The third kappa shape index (κ3) is 5.19. The highest BCUT2D eigenvalue weighted by molar-refractivity contribution is 5.73. The zero-order valence-electron chi connectivity index (χ0n) is 9.55. The first-order valence-electron chi connectivity index (χ1n) is 4.65. The molecule has 0 aliphatic carbocycles. The molecule has 0 saturated carbocycles. The van der Waals surface area contributed by atoms with Crippen molar-refractivity contribution in [2.24, 2.45) is 5.41 Å². The molecule has 1 radical (unpaired) electrons. The molecule has 0 aliphatic heterocycles. The van der Waals surface area contributed by atoms with Gasteiger partial charge in [-0.3, -0.25) is 10.5 Å². The summed E-state index contributed by atoms with van der Waals surface area (Å²) in [4.78, 5) is 10.6. The SMILES string of the molecule is CC(C)(C)OC(O)C(C)(C)CC([NH])=O. The fraction of sp³-hybridized carbons (Fsp3) is 0.900. The van der Waals surface area contributed by atoms with Crippen molar-refractivity contribution in [3.63, 3.8) is 0 Å². The Labute approximate surface area is 85.4 Å². The van der Waals surface area contributed by atoms with E-state index in [0.717, 1.165) is 0 Å². The lowest BCUT2D eigenvalue weighted by Crippen LogP contribution is -2.39. The molecule has 0 aromatic heterocycles. The van der Waals surface area contributed by atoms with Crippen LogP contribution in [0.2, 0.25) is 0 Å². The van der Waals surface area contributed by atoms with Crippen molar-refractivity contribution in [1.29, 1.82) is 0 Å². The first kappa shape index (κ1) is 13.4. The van der Waals surface area contributed by atoms with Gasteiger partial charge < -0.3 is 9.84 Å². The summed E-state index contributed by atoms with van der Waals surface area (Å²) in [5.74, 6) is -0.688. The molecule has 14 heavy (non-hydrogen) atoms. The van der Waals surface area contributed by atoms with Crippen LogP contribution < -0.4 is 5.73 Å². The summed E-state index contributed by atoms with van der Waals surface area (Å²) in [6.45, 7) is 8.89. The molecule has 4 heteroatoms. The van der Waals surface area contributed by atoms with E-state index in [-0.39, 0.29) is 6.42 Å². The number of rotatable bonds is 4. The molecule has 2 N–H and O–H groups in total. The lowest BCUT2D eigenvalue weighted by molar-refractivity contribution is -0.216. The van der Waals surface area contributed by atoms with Gasteiger partial charge in [0, 0.05) is 11.8 Å². The molecular formula is C10H20NO3. The topological polar surface area (TPSA) is 70.3 Å². The van der Waals surface area contributed by atoms with Crippen molar-refractivity contribution in [3.05, 3.63) is 0 Å². The fourth-order valence-corrected chi connectivity index (χ4v) is 0.996. The molecule has 83 valence electrons. The third-order valence-corrected chi connectivity index (χ3v) is 1.75. The lowest BCUT2D eigenvalue weighted by Gasteiger charge is -2.34. The Kier molecular flexibility index (Phi) is 4.09. The monoisotopic (exact) mass is 202 g/mol. The van der Waals surface area contributed by atoms with Crippen molar-refractivity contribution >= 4 is 5.91 Å². The van der Waals surface area contributed by atoms with Gasteiger partial charge in [0.2, 0.25) is 5.91 Å². The Balaban J connectivity index is 4.35. The number of aliphatic hydroxyl groups is 1. The van der Waals surface area contributed by atoms with Crippen molar-refractivity contribution < 1.29 is 14.6 Å². The normalized spacial score (nSPS) is 15.3. The molecule has 0 saturated heterocycles. The Bertz CT molecular complexity index is 206. The van der Waals surface area contributed by atoms with Crippen LogP contribution in [0.3, 0.4) is 0 Å². The summed E-state index contributed by atoms with van der Waals surface area (Å²) in [5.41, 5.74) is 5.68. The van der Waals surface area contributed by atoms with Gasteiger partial charge in [-0.15, -0.1) is 0 Å². The molecule has 1 atom stereocenters. The zero-order chi connectivity index (χ0) is 11.6. The Morgan fingerprint density at radius 1 is 1.36 bits per heavy atom. The highest BCUT2D eigenvalue weighted by atomic mass is 16.6. The van der Waals surface area contributed by atoms with E-state index in [0.29, 0.717) is 0 Å². The smallest absolute Gasteiger partial charge is 0.239 e. The van der Waals surface area contributed by atoms with Crippen molar-refractivity contribution in [2.75, 3.05) is 0 Å². The fourth-order valence-electron chi connectivity index (χ4n) is 0.996. The standard InChI is InChI=1S/C10H20NO3/c1-9(2,3)14-8(13)10(4,5)6-7(11)12/h8,11,13H,6H2,1-5H3. The van der Waals surface area contributed by atoms with Gasteiger partial charge in [0.05, 0.1) is 5.60 Å². The first-order chi connectivity index (χ1) is 6.04. The molecule has 0 spiro atoms. The van der Waals surface area contributed by atoms with Crippen LogP contribution in [-0.2, 0) is 9.53 Å². The largest absolute Gasteiger partial charge is 0.367 e. The van der Waals surface area contributed by atoms with Crippen LogP contribution in [0.1, 0.15) is 41.0 Å². The molecule has 4 nitrogen and oxygen atoms in total. The van der Waals surface area contributed by atoms with Gasteiger partial charge in [0.15, 0.2) is 6.29 Å². The van der Waals surface area contributed by atoms with Crippen molar-refractivity contribution in [3.8, 4) is 0 Å².